The highest BCUT2D eigenvalue weighted by molar-refractivity contribution is 7.40. The lowest BCUT2D eigenvalue weighted by Gasteiger charge is -2.21. The number of hydrogen-bond donors (Lipinski definition) is 2. The average molecular weight is 401 g/mol. The zero-order chi connectivity index (χ0) is 20.8. The van der Waals surface area contributed by atoms with Gasteiger partial charge in [-0.25, -0.2) is 0 Å². The minimum Gasteiger partial charge on any atom is -0.379 e. The molecular formula is C17H28N3O6P. The Balaban J connectivity index is 4.25. The predicted octanol–water partition coefficient (Wildman–Crippen LogP) is -0.387. The largest absolute Gasteiger partial charge is 0.379 e. The molecule has 0 aromatic carbocycles. The van der Waals surface area contributed by atoms with Crippen LogP contribution < -0.4 is 10.6 Å². The van der Waals surface area contributed by atoms with Gasteiger partial charge in [0, 0.05) is 6.42 Å². The highest BCUT2D eigenvalue weighted by Crippen LogP contribution is 2.03. The van der Waals surface area contributed by atoms with E-state index in [1.54, 1.807) is 20.8 Å². The van der Waals surface area contributed by atoms with Crippen LogP contribution >= 0.6 is 9.24 Å². The fourth-order valence-corrected chi connectivity index (χ4v) is 2.05. The van der Waals surface area contributed by atoms with E-state index in [1.807, 2.05) is 9.24 Å². The van der Waals surface area contributed by atoms with Crippen molar-refractivity contribution >= 4 is 38.9 Å². The van der Waals surface area contributed by atoms with E-state index in [9.17, 15) is 24.0 Å². The quantitative estimate of drug-likeness (QED) is 0.188. The van der Waals surface area contributed by atoms with Crippen LogP contribution in [0.3, 0.4) is 0 Å². The number of imide groups is 1. The van der Waals surface area contributed by atoms with Crippen molar-refractivity contribution in [3.63, 3.8) is 0 Å². The summed E-state index contributed by atoms with van der Waals surface area (Å²) in [6.45, 7) is 5.35. The third-order valence-corrected chi connectivity index (χ3v) is 3.58. The summed E-state index contributed by atoms with van der Waals surface area (Å²) >= 11 is 0. The summed E-state index contributed by atoms with van der Waals surface area (Å²) in [5.74, 6) is -1.41. The van der Waals surface area contributed by atoms with Crippen molar-refractivity contribution in [3.8, 4) is 0 Å². The lowest BCUT2D eigenvalue weighted by Crippen LogP contribution is -2.50. The van der Waals surface area contributed by atoms with Crippen LogP contribution in [-0.4, -0.2) is 66.9 Å². The monoisotopic (exact) mass is 401 g/mol. The van der Waals surface area contributed by atoms with E-state index in [0.29, 0.717) is 6.41 Å². The molecule has 0 spiro atoms. The van der Waals surface area contributed by atoms with Crippen molar-refractivity contribution in [2.24, 2.45) is 5.92 Å². The third kappa shape index (κ3) is 11.2. The van der Waals surface area contributed by atoms with Crippen LogP contribution in [0.1, 0.15) is 27.2 Å². The molecule has 10 heteroatoms. The van der Waals surface area contributed by atoms with Crippen molar-refractivity contribution in [2.45, 2.75) is 33.2 Å². The SMILES string of the molecule is C/C=C\C(=O)N(C=O)CCOCCC(=O)NC(C(=O)NCC(=O)P)C(C)C. The molecule has 0 aliphatic heterocycles. The lowest BCUT2D eigenvalue weighted by molar-refractivity contribution is -0.135. The predicted molar refractivity (Wildman–Crippen MR) is 103 cm³/mol. The molecule has 0 rings (SSSR count). The van der Waals surface area contributed by atoms with Gasteiger partial charge in [-0.05, 0) is 18.9 Å². The molecule has 0 fully saturated rings. The van der Waals surface area contributed by atoms with E-state index in [1.165, 1.54) is 12.2 Å². The van der Waals surface area contributed by atoms with Crippen LogP contribution in [0, 0.1) is 5.92 Å². The lowest BCUT2D eigenvalue weighted by atomic mass is 10.0. The van der Waals surface area contributed by atoms with Gasteiger partial charge in [0.05, 0.1) is 26.3 Å². The Kier molecular flexibility index (Phi) is 12.9. The highest BCUT2D eigenvalue weighted by atomic mass is 31.0. The topological polar surface area (TPSA) is 122 Å². The fraction of sp³-hybridized carbons (Fsp3) is 0.588. The number of nitrogens with one attached hydrogen (secondary N) is 2. The molecule has 152 valence electrons. The molecule has 2 N–H and O–H groups in total. The summed E-state index contributed by atoms with van der Waals surface area (Å²) in [7, 11) is 1.96. The molecule has 0 radical (unpaired) electrons. The van der Waals surface area contributed by atoms with Gasteiger partial charge >= 0.3 is 0 Å². The van der Waals surface area contributed by atoms with E-state index in [2.05, 4.69) is 10.6 Å². The van der Waals surface area contributed by atoms with Crippen LogP contribution in [0.2, 0.25) is 0 Å². The summed E-state index contributed by atoms with van der Waals surface area (Å²) in [6.07, 6.45) is 3.23. The molecule has 2 atom stereocenters. The van der Waals surface area contributed by atoms with Crippen LogP contribution in [0.4, 0.5) is 0 Å². The molecule has 0 saturated heterocycles. The van der Waals surface area contributed by atoms with Crippen LogP contribution in [-0.2, 0) is 28.7 Å². The first-order valence-corrected chi connectivity index (χ1v) is 9.12. The molecule has 0 heterocycles. The van der Waals surface area contributed by atoms with Gasteiger partial charge in [0.15, 0.2) is 5.52 Å². The molecule has 9 nitrogen and oxygen atoms in total. The highest BCUT2D eigenvalue weighted by Gasteiger charge is 2.24. The number of hydrogen-bond acceptors (Lipinski definition) is 6. The Labute approximate surface area is 161 Å². The first-order chi connectivity index (χ1) is 12.7. The second-order valence-electron chi connectivity index (χ2n) is 5.97. The van der Waals surface area contributed by atoms with E-state index in [0.717, 1.165) is 4.90 Å². The minimum absolute atomic E-state index is 0.0168. The van der Waals surface area contributed by atoms with Gasteiger partial charge in [0.25, 0.3) is 5.91 Å². The van der Waals surface area contributed by atoms with Crippen molar-refractivity contribution in [2.75, 3.05) is 26.3 Å². The Hall–Kier alpha value is -2.12. The molecule has 0 aliphatic carbocycles. The van der Waals surface area contributed by atoms with Crippen molar-refractivity contribution in [1.82, 2.24) is 15.5 Å². The first-order valence-electron chi connectivity index (χ1n) is 8.54. The molecule has 2 unspecified atom stereocenters. The fourth-order valence-electron chi connectivity index (χ4n) is 1.95. The first kappa shape index (κ1) is 24.9. The van der Waals surface area contributed by atoms with Crippen molar-refractivity contribution in [1.29, 1.82) is 0 Å². The average Bonchev–Trinajstić information content (AvgIpc) is 2.60. The second kappa shape index (κ2) is 14.0. The number of ether oxygens (including phenoxy) is 1. The number of nitrogens with zero attached hydrogens (tertiary/aromatic N) is 1. The molecule has 0 bridgehead atoms. The maximum atomic E-state index is 12.0. The zero-order valence-electron chi connectivity index (χ0n) is 15.9. The Morgan fingerprint density at radius 2 is 1.85 bits per heavy atom. The van der Waals surface area contributed by atoms with Gasteiger partial charge in [-0.3, -0.25) is 28.9 Å². The Morgan fingerprint density at radius 1 is 1.19 bits per heavy atom. The Bertz CT molecular complexity index is 565. The molecule has 0 saturated carbocycles. The van der Waals surface area contributed by atoms with E-state index in [4.69, 9.17) is 4.74 Å². The van der Waals surface area contributed by atoms with Crippen molar-refractivity contribution < 1.29 is 28.7 Å². The minimum atomic E-state index is -0.758. The number of carbonyl (C=O) groups is 5. The number of allylic oxidation sites excluding steroid dienone is 1. The van der Waals surface area contributed by atoms with E-state index in [-0.39, 0.29) is 50.1 Å². The normalized spacial score (nSPS) is 11.9. The van der Waals surface area contributed by atoms with Gasteiger partial charge < -0.3 is 15.4 Å². The molecule has 0 aliphatic rings. The van der Waals surface area contributed by atoms with Crippen molar-refractivity contribution in [3.05, 3.63) is 12.2 Å². The summed E-state index contributed by atoms with van der Waals surface area (Å²) in [5.41, 5.74) is -0.261. The molecule has 0 aromatic rings. The number of amides is 4. The standard InChI is InChI=1S/C17H28N3O6P/c1-4-5-14(23)20(11-21)7-9-26-8-6-13(22)19-16(12(2)3)17(25)18-10-15(24)27/h4-5,11-12,16H,6-10,27H2,1-3H3,(H,18,25)(H,19,22)/b5-4-. The molecule has 0 aromatic heterocycles. The van der Waals surface area contributed by atoms with Gasteiger partial charge in [-0.15, -0.1) is 0 Å². The molecular weight excluding hydrogens is 373 g/mol. The zero-order valence-corrected chi connectivity index (χ0v) is 17.1. The van der Waals surface area contributed by atoms with E-state index < -0.39 is 17.9 Å². The summed E-state index contributed by atoms with van der Waals surface area (Å²) in [5, 5.41) is 5.06. The summed E-state index contributed by atoms with van der Waals surface area (Å²) in [6, 6.07) is -0.758. The maximum absolute atomic E-state index is 12.0. The third-order valence-electron chi connectivity index (χ3n) is 3.37. The van der Waals surface area contributed by atoms with Crippen LogP contribution in [0.5, 0.6) is 0 Å². The van der Waals surface area contributed by atoms with Crippen LogP contribution in [0.15, 0.2) is 12.2 Å². The smallest absolute Gasteiger partial charge is 0.252 e. The number of carbonyl (C=O) groups excluding carboxylic acids is 5. The molecule has 27 heavy (non-hydrogen) atoms. The van der Waals surface area contributed by atoms with Gasteiger partial charge in [-0.1, -0.05) is 29.2 Å². The summed E-state index contributed by atoms with van der Waals surface area (Å²) in [4.78, 5) is 58.2. The van der Waals surface area contributed by atoms with Gasteiger partial charge in [0.1, 0.15) is 6.04 Å². The van der Waals surface area contributed by atoms with Crippen LogP contribution in [0.25, 0.3) is 0 Å². The second-order valence-corrected chi connectivity index (χ2v) is 6.62. The number of rotatable bonds is 13. The maximum Gasteiger partial charge on any atom is 0.252 e. The summed E-state index contributed by atoms with van der Waals surface area (Å²) < 4.78 is 5.26. The van der Waals surface area contributed by atoms with E-state index >= 15 is 0 Å². The van der Waals surface area contributed by atoms with Gasteiger partial charge in [0.2, 0.25) is 18.2 Å². The van der Waals surface area contributed by atoms with Gasteiger partial charge in [-0.2, -0.15) is 0 Å². The molecule has 4 amide bonds. The Morgan fingerprint density at radius 3 is 2.37 bits per heavy atom.